The minimum Gasteiger partial charge on any atom is -0.352 e. The minimum absolute atomic E-state index is 0.102. The van der Waals surface area contributed by atoms with Gasteiger partial charge in [-0.05, 0) is 54.0 Å². The molecule has 216 valence electrons. The number of anilines is 1. The summed E-state index contributed by atoms with van der Waals surface area (Å²) in [5.41, 5.74) is -0.244. The lowest BCUT2D eigenvalue weighted by molar-refractivity contribution is -0.125. The van der Waals surface area contributed by atoms with Gasteiger partial charge in [-0.25, -0.2) is 17.5 Å². The van der Waals surface area contributed by atoms with Crippen molar-refractivity contribution < 1.29 is 22.4 Å². The van der Waals surface area contributed by atoms with E-state index in [0.29, 0.717) is 35.5 Å². The number of amides is 2. The molecule has 2 heterocycles. The fraction of sp³-hybridized carbons (Fsp3) is 0.500. The van der Waals surface area contributed by atoms with E-state index in [1.165, 1.54) is 6.07 Å². The molecule has 2 fully saturated rings. The summed E-state index contributed by atoms with van der Waals surface area (Å²) in [5.74, 6) is -2.35. The molecular formula is C28H33Cl2FN4O4S. The van der Waals surface area contributed by atoms with Crippen LogP contribution in [0.15, 0.2) is 36.4 Å². The predicted molar refractivity (Wildman–Crippen MR) is 154 cm³/mol. The molecule has 4 atom stereocenters. The van der Waals surface area contributed by atoms with Gasteiger partial charge in [-0.3, -0.25) is 9.59 Å². The lowest BCUT2D eigenvalue weighted by Crippen LogP contribution is -2.57. The molecule has 5 rings (SSSR count). The van der Waals surface area contributed by atoms with Gasteiger partial charge >= 0.3 is 0 Å². The van der Waals surface area contributed by atoms with E-state index in [4.69, 9.17) is 23.2 Å². The molecule has 1 aliphatic carbocycles. The Labute approximate surface area is 243 Å². The minimum atomic E-state index is -3.37. The zero-order valence-corrected chi connectivity index (χ0v) is 25.0. The standard InChI is InChI=1S/C28H33Cl2FN4O4S/c1-27(2,3)13-21-28(18-9-8-14(29)10-20(18)33-26(28)37)22(17-6-5-7-19(30)23(17)31)24(34-21)25(36)32-15-11-16(12-15)35-40(4,38)39/h5-10,15-16,21-22,24,34-35H,11-13H2,1-4H3,(H,32,36)(H,33,37)/t15?,16?,21-,22-,24+,28+/m0/s1. The third-order valence-corrected chi connectivity index (χ3v) is 9.37. The number of carbonyl (C=O) groups is 2. The zero-order valence-electron chi connectivity index (χ0n) is 22.6. The molecule has 40 heavy (non-hydrogen) atoms. The first kappa shape index (κ1) is 29.3. The topological polar surface area (TPSA) is 116 Å². The van der Waals surface area contributed by atoms with E-state index in [1.807, 2.05) is 20.8 Å². The highest BCUT2D eigenvalue weighted by atomic mass is 35.5. The molecule has 1 saturated carbocycles. The molecule has 2 aliphatic heterocycles. The van der Waals surface area contributed by atoms with Gasteiger partial charge in [0.25, 0.3) is 0 Å². The average Bonchev–Trinajstić information content (AvgIpc) is 3.27. The fourth-order valence-corrected chi connectivity index (χ4v) is 7.73. The Hall–Kier alpha value is -2.24. The molecule has 12 heteroatoms. The smallest absolute Gasteiger partial charge is 0.238 e. The normalized spacial score (nSPS) is 29.7. The summed E-state index contributed by atoms with van der Waals surface area (Å²) in [6, 6.07) is 7.71. The van der Waals surface area contributed by atoms with Crippen LogP contribution in [-0.4, -0.2) is 50.7 Å². The third kappa shape index (κ3) is 5.25. The number of benzene rings is 2. The molecule has 4 N–H and O–H groups in total. The fourth-order valence-electron chi connectivity index (χ4n) is 6.58. The molecule has 1 saturated heterocycles. The molecular weight excluding hydrogens is 578 g/mol. The number of fused-ring (bicyclic) bond motifs is 2. The zero-order chi connectivity index (χ0) is 29.2. The van der Waals surface area contributed by atoms with E-state index in [9.17, 15) is 18.0 Å². The number of sulfonamides is 1. The maximum atomic E-state index is 15.8. The van der Waals surface area contributed by atoms with Gasteiger partial charge in [0.05, 0.1) is 17.3 Å². The van der Waals surface area contributed by atoms with Crippen molar-refractivity contribution in [3.63, 3.8) is 0 Å². The predicted octanol–water partition coefficient (Wildman–Crippen LogP) is 4.08. The molecule has 0 bridgehead atoms. The number of hydrogen-bond acceptors (Lipinski definition) is 5. The van der Waals surface area contributed by atoms with Gasteiger partial charge in [-0.15, -0.1) is 0 Å². The van der Waals surface area contributed by atoms with Crippen molar-refractivity contribution in [2.75, 3.05) is 11.6 Å². The maximum Gasteiger partial charge on any atom is 0.238 e. The molecule has 0 unspecified atom stereocenters. The number of halogens is 3. The van der Waals surface area contributed by atoms with E-state index in [-0.39, 0.29) is 34.0 Å². The summed E-state index contributed by atoms with van der Waals surface area (Å²) < 4.78 is 41.5. The number of carbonyl (C=O) groups excluding carboxylic acids is 2. The Kier molecular flexibility index (Phi) is 7.49. The monoisotopic (exact) mass is 610 g/mol. The highest BCUT2D eigenvalue weighted by molar-refractivity contribution is 7.88. The van der Waals surface area contributed by atoms with Crippen molar-refractivity contribution >= 4 is 50.7 Å². The Morgan fingerprint density at radius 3 is 2.50 bits per heavy atom. The summed E-state index contributed by atoms with van der Waals surface area (Å²) >= 11 is 12.5. The molecule has 2 amide bonds. The van der Waals surface area contributed by atoms with Crippen molar-refractivity contribution in [1.29, 1.82) is 0 Å². The van der Waals surface area contributed by atoms with E-state index in [2.05, 4.69) is 20.7 Å². The SMILES string of the molecule is CC(C)(C)C[C@@H]1N[C@@H](C(=O)NC2CC(NS(C)(=O)=O)C2)[C@H](c2cccc(Cl)c2F)[C@]12C(=O)Nc1cc(Cl)ccc12. The van der Waals surface area contributed by atoms with E-state index in [1.54, 1.807) is 30.3 Å². The molecule has 0 aromatic heterocycles. The lowest BCUT2D eigenvalue weighted by atomic mass is 9.62. The van der Waals surface area contributed by atoms with E-state index < -0.39 is 45.2 Å². The van der Waals surface area contributed by atoms with Crippen LogP contribution < -0.4 is 20.7 Å². The van der Waals surface area contributed by atoms with Gasteiger partial charge in [-0.1, -0.05) is 62.2 Å². The van der Waals surface area contributed by atoms with Crippen molar-refractivity contribution in [2.45, 2.75) is 75.5 Å². The molecule has 8 nitrogen and oxygen atoms in total. The Bertz CT molecular complexity index is 1480. The Morgan fingerprint density at radius 1 is 1.15 bits per heavy atom. The third-order valence-electron chi connectivity index (χ3n) is 8.09. The van der Waals surface area contributed by atoms with Crippen LogP contribution in [0, 0.1) is 11.2 Å². The van der Waals surface area contributed by atoms with Crippen LogP contribution in [0.25, 0.3) is 0 Å². The molecule has 2 aromatic rings. The Morgan fingerprint density at radius 2 is 1.85 bits per heavy atom. The van der Waals surface area contributed by atoms with Crippen molar-refractivity contribution in [2.24, 2.45) is 5.41 Å². The number of nitrogens with one attached hydrogen (secondary N) is 4. The van der Waals surface area contributed by atoms with E-state index >= 15 is 4.39 Å². The van der Waals surface area contributed by atoms with Crippen LogP contribution in [0.1, 0.15) is 57.1 Å². The number of hydrogen-bond donors (Lipinski definition) is 4. The van der Waals surface area contributed by atoms with Crippen LogP contribution in [0.3, 0.4) is 0 Å². The van der Waals surface area contributed by atoms with E-state index in [0.717, 1.165) is 6.26 Å². The van der Waals surface area contributed by atoms with Crippen LogP contribution >= 0.6 is 23.2 Å². The second-order valence-electron chi connectivity index (χ2n) is 12.4. The highest BCUT2D eigenvalue weighted by Gasteiger charge is 2.66. The first-order chi connectivity index (χ1) is 18.6. The largest absolute Gasteiger partial charge is 0.352 e. The quantitative estimate of drug-likeness (QED) is 0.393. The first-order valence-corrected chi connectivity index (χ1v) is 15.8. The lowest BCUT2D eigenvalue weighted by Gasteiger charge is -2.38. The van der Waals surface area contributed by atoms with Crippen LogP contribution in [0.4, 0.5) is 10.1 Å². The second kappa shape index (κ2) is 10.2. The number of rotatable bonds is 6. The van der Waals surface area contributed by atoms with Gasteiger partial charge in [-0.2, -0.15) is 0 Å². The maximum absolute atomic E-state index is 15.8. The van der Waals surface area contributed by atoms with Crippen LogP contribution in [0.2, 0.25) is 10.0 Å². The van der Waals surface area contributed by atoms with Crippen LogP contribution in [-0.2, 0) is 25.0 Å². The van der Waals surface area contributed by atoms with Gasteiger partial charge in [0.1, 0.15) is 11.2 Å². The van der Waals surface area contributed by atoms with Crippen molar-refractivity contribution in [3.8, 4) is 0 Å². The van der Waals surface area contributed by atoms with Crippen molar-refractivity contribution in [3.05, 3.63) is 63.4 Å². The molecule has 1 spiro atoms. The van der Waals surface area contributed by atoms with Gasteiger partial charge in [0.15, 0.2) is 0 Å². The first-order valence-electron chi connectivity index (χ1n) is 13.2. The Balaban J connectivity index is 1.59. The highest BCUT2D eigenvalue weighted by Crippen LogP contribution is 2.57. The van der Waals surface area contributed by atoms with Gasteiger partial charge in [0, 0.05) is 34.8 Å². The summed E-state index contributed by atoms with van der Waals surface area (Å²) in [7, 11) is -3.37. The molecule has 2 aromatic carbocycles. The summed E-state index contributed by atoms with van der Waals surface area (Å²) in [6.07, 6.45) is 2.47. The molecule has 0 radical (unpaired) electrons. The second-order valence-corrected chi connectivity index (χ2v) is 15.0. The summed E-state index contributed by atoms with van der Waals surface area (Å²) in [5, 5.41) is 9.73. The summed E-state index contributed by atoms with van der Waals surface area (Å²) in [4.78, 5) is 28.1. The average molecular weight is 612 g/mol. The van der Waals surface area contributed by atoms with Crippen LogP contribution in [0.5, 0.6) is 0 Å². The summed E-state index contributed by atoms with van der Waals surface area (Å²) in [6.45, 7) is 6.14. The van der Waals surface area contributed by atoms with Crippen molar-refractivity contribution in [1.82, 2.24) is 15.4 Å². The van der Waals surface area contributed by atoms with Gasteiger partial charge < -0.3 is 16.0 Å². The van der Waals surface area contributed by atoms with Gasteiger partial charge in [0.2, 0.25) is 21.8 Å². The molecule has 3 aliphatic rings.